The zero-order valence-corrected chi connectivity index (χ0v) is 24.4. The Hall–Kier alpha value is -3.11. The molecule has 2 unspecified atom stereocenters. The number of hydrogen-bond donors (Lipinski definition) is 2. The van der Waals surface area contributed by atoms with Gasteiger partial charge in [-0.25, -0.2) is 13.8 Å². The molecule has 1 saturated carbocycles. The molecule has 10 heteroatoms. The van der Waals surface area contributed by atoms with Gasteiger partial charge in [-0.3, -0.25) is 14.5 Å². The number of rotatable bonds is 11. The van der Waals surface area contributed by atoms with Gasteiger partial charge in [0.2, 0.25) is 5.91 Å². The van der Waals surface area contributed by atoms with Crippen LogP contribution < -0.4 is 10.6 Å². The van der Waals surface area contributed by atoms with Gasteiger partial charge in [0.15, 0.2) is 5.13 Å². The molecule has 1 aromatic heterocycles. The average Bonchev–Trinajstić information content (AvgIpc) is 3.34. The summed E-state index contributed by atoms with van der Waals surface area (Å²) in [6.07, 6.45) is 5.67. The van der Waals surface area contributed by atoms with E-state index in [0.29, 0.717) is 34.6 Å². The van der Waals surface area contributed by atoms with Crippen molar-refractivity contribution in [1.29, 1.82) is 0 Å². The van der Waals surface area contributed by atoms with Crippen LogP contribution >= 0.6 is 11.3 Å². The van der Waals surface area contributed by atoms with Crippen LogP contribution in [0, 0.1) is 18.8 Å². The molecule has 216 valence electrons. The van der Waals surface area contributed by atoms with E-state index in [-0.39, 0.29) is 24.8 Å². The molecule has 1 aliphatic heterocycles. The lowest BCUT2D eigenvalue weighted by Crippen LogP contribution is -2.35. The third-order valence-corrected chi connectivity index (χ3v) is 8.13. The van der Waals surface area contributed by atoms with Crippen molar-refractivity contribution in [1.82, 2.24) is 15.2 Å². The third-order valence-electron chi connectivity index (χ3n) is 7.05. The van der Waals surface area contributed by atoms with Crippen LogP contribution in [-0.2, 0) is 22.6 Å². The van der Waals surface area contributed by atoms with Crippen molar-refractivity contribution < 1.29 is 23.1 Å². The standard InChI is InChI=1S/C30H38F2N4O3S/c1-5-26(39-18-25-13-30(25,31)32)11-10-24-12-19(2)15-36(17-24)16-23-8-6-22(7-9-23)14-33-28(38)27-20(3)34-29(40-27)35-21(4)37/h6-11,19,25H,5,12-18H2,1-4H3,(H,33,38)(H,34,35,37)/b24-10+,26-11+. The Kier molecular flexibility index (Phi) is 9.73. The summed E-state index contributed by atoms with van der Waals surface area (Å²) >= 11 is 1.16. The minimum atomic E-state index is -2.55. The van der Waals surface area contributed by atoms with E-state index in [1.165, 1.54) is 18.1 Å². The number of halogens is 2. The second kappa shape index (κ2) is 13.0. The number of anilines is 1. The fourth-order valence-corrected chi connectivity index (χ4v) is 5.77. The highest BCUT2D eigenvalue weighted by Crippen LogP contribution is 2.48. The number of thiazole rings is 1. The zero-order chi connectivity index (χ0) is 28.9. The molecule has 0 spiro atoms. The summed E-state index contributed by atoms with van der Waals surface area (Å²) in [5.74, 6) is -2.37. The largest absolute Gasteiger partial charge is 0.497 e. The number of aromatic nitrogens is 1. The monoisotopic (exact) mass is 572 g/mol. The molecule has 7 nitrogen and oxygen atoms in total. The Balaban J connectivity index is 1.28. The lowest BCUT2D eigenvalue weighted by atomic mass is 9.94. The van der Waals surface area contributed by atoms with Gasteiger partial charge in [-0.2, -0.15) is 0 Å². The smallest absolute Gasteiger partial charge is 0.263 e. The van der Waals surface area contributed by atoms with E-state index >= 15 is 0 Å². The van der Waals surface area contributed by atoms with Crippen molar-refractivity contribution in [3.05, 3.63) is 69.4 Å². The highest BCUT2D eigenvalue weighted by molar-refractivity contribution is 7.17. The maximum absolute atomic E-state index is 13.1. The van der Waals surface area contributed by atoms with Crippen molar-refractivity contribution in [3.63, 3.8) is 0 Å². The first kappa shape index (κ1) is 29.9. The van der Waals surface area contributed by atoms with Crippen LogP contribution in [0.25, 0.3) is 0 Å². The molecule has 2 heterocycles. The molecule has 2 atom stereocenters. The Bertz CT molecular complexity index is 1270. The molecule has 4 rings (SSSR count). The fraction of sp³-hybridized carbons (Fsp3) is 0.500. The third kappa shape index (κ3) is 8.44. The first-order chi connectivity index (χ1) is 19.0. The van der Waals surface area contributed by atoms with Gasteiger partial charge in [-0.05, 0) is 36.5 Å². The molecule has 1 aromatic carbocycles. The maximum atomic E-state index is 13.1. The van der Waals surface area contributed by atoms with Gasteiger partial charge < -0.3 is 15.4 Å². The van der Waals surface area contributed by atoms with E-state index in [1.54, 1.807) is 6.92 Å². The van der Waals surface area contributed by atoms with Gasteiger partial charge in [-0.15, -0.1) is 0 Å². The van der Waals surface area contributed by atoms with E-state index in [2.05, 4.69) is 45.6 Å². The Labute approximate surface area is 238 Å². The predicted molar refractivity (Wildman–Crippen MR) is 153 cm³/mol. The molecular weight excluding hydrogens is 534 g/mol. The van der Waals surface area contributed by atoms with E-state index in [4.69, 9.17) is 4.74 Å². The Morgan fingerprint density at radius 2 is 1.95 bits per heavy atom. The quantitative estimate of drug-likeness (QED) is 0.319. The van der Waals surface area contributed by atoms with Gasteiger partial charge in [0.25, 0.3) is 11.8 Å². The number of nitrogens with one attached hydrogen (secondary N) is 2. The minimum Gasteiger partial charge on any atom is -0.497 e. The molecule has 2 amide bonds. The SMILES string of the molecule is CC/C(=C\C=C1/CC(C)CN(Cc2ccc(CNC(=O)c3sc(NC(C)=O)nc3C)cc2)C1)OCC1CC1(F)F. The molecule has 2 aromatic rings. The second-order valence-electron chi connectivity index (χ2n) is 10.9. The lowest BCUT2D eigenvalue weighted by Gasteiger charge is -2.33. The average molecular weight is 573 g/mol. The van der Waals surface area contributed by atoms with Crippen LogP contribution in [-0.4, -0.2) is 47.3 Å². The molecule has 40 heavy (non-hydrogen) atoms. The van der Waals surface area contributed by atoms with Gasteiger partial charge in [0, 0.05) is 45.9 Å². The number of benzene rings is 1. The number of allylic oxidation sites excluding steroid dienone is 3. The van der Waals surface area contributed by atoms with Crippen LogP contribution in [0.3, 0.4) is 0 Å². The van der Waals surface area contributed by atoms with Crippen LogP contribution in [0.1, 0.15) is 66.5 Å². The molecular formula is C30H38F2N4O3S. The highest BCUT2D eigenvalue weighted by Gasteiger charge is 2.57. The maximum Gasteiger partial charge on any atom is 0.263 e. The van der Waals surface area contributed by atoms with Gasteiger partial charge >= 0.3 is 0 Å². The minimum absolute atomic E-state index is 0.0679. The molecule has 2 N–H and O–H groups in total. The van der Waals surface area contributed by atoms with E-state index in [9.17, 15) is 18.4 Å². The number of alkyl halides is 2. The van der Waals surface area contributed by atoms with E-state index in [0.717, 1.165) is 48.7 Å². The van der Waals surface area contributed by atoms with Crippen LogP contribution in [0.4, 0.5) is 13.9 Å². The number of hydrogen-bond acceptors (Lipinski definition) is 6. The van der Waals surface area contributed by atoms with Crippen molar-refractivity contribution in [2.75, 3.05) is 25.0 Å². The lowest BCUT2D eigenvalue weighted by molar-refractivity contribution is -0.114. The topological polar surface area (TPSA) is 83.6 Å². The van der Waals surface area contributed by atoms with E-state index in [1.807, 2.05) is 25.1 Å². The summed E-state index contributed by atoms with van der Waals surface area (Å²) in [4.78, 5) is 31.0. The molecule has 0 radical (unpaired) electrons. The van der Waals surface area contributed by atoms with Gasteiger partial charge in [-0.1, -0.05) is 61.1 Å². The predicted octanol–water partition coefficient (Wildman–Crippen LogP) is 6.07. The summed E-state index contributed by atoms with van der Waals surface area (Å²) in [5, 5.41) is 5.97. The van der Waals surface area contributed by atoms with Crippen molar-refractivity contribution >= 4 is 28.3 Å². The summed E-state index contributed by atoms with van der Waals surface area (Å²) in [7, 11) is 0. The Morgan fingerprint density at radius 3 is 2.60 bits per heavy atom. The number of carbonyl (C=O) groups excluding carboxylic acids is 2. The van der Waals surface area contributed by atoms with Crippen LogP contribution in [0.15, 0.2) is 47.7 Å². The molecule has 0 bridgehead atoms. The second-order valence-corrected chi connectivity index (χ2v) is 11.9. The number of piperidine rings is 1. The number of ether oxygens (including phenoxy) is 1. The Morgan fingerprint density at radius 1 is 1.25 bits per heavy atom. The van der Waals surface area contributed by atoms with Gasteiger partial charge in [0.05, 0.1) is 24.0 Å². The molecule has 2 aliphatic rings. The summed E-state index contributed by atoms with van der Waals surface area (Å²) in [5.41, 5.74) is 4.09. The summed E-state index contributed by atoms with van der Waals surface area (Å²) in [6, 6.07) is 8.24. The van der Waals surface area contributed by atoms with Crippen molar-refractivity contribution in [2.24, 2.45) is 11.8 Å². The molecule has 2 fully saturated rings. The highest BCUT2D eigenvalue weighted by atomic mass is 32.1. The van der Waals surface area contributed by atoms with Crippen molar-refractivity contribution in [3.8, 4) is 0 Å². The fourth-order valence-electron chi connectivity index (χ4n) is 4.84. The number of likely N-dealkylation sites (tertiary alicyclic amines) is 1. The number of nitrogens with zero attached hydrogens (tertiary/aromatic N) is 2. The molecule has 1 aliphatic carbocycles. The first-order valence-electron chi connectivity index (χ1n) is 13.7. The van der Waals surface area contributed by atoms with Crippen LogP contribution in [0.5, 0.6) is 0 Å². The summed E-state index contributed by atoms with van der Waals surface area (Å²) in [6.45, 7) is 10.5. The van der Waals surface area contributed by atoms with Crippen molar-refractivity contribution in [2.45, 2.75) is 66.0 Å². The summed E-state index contributed by atoms with van der Waals surface area (Å²) < 4.78 is 32.0. The number of carbonyl (C=O) groups is 2. The normalized spacial score (nSPS) is 21.8. The van der Waals surface area contributed by atoms with Gasteiger partial charge in [0.1, 0.15) is 4.88 Å². The number of amides is 2. The zero-order valence-electron chi connectivity index (χ0n) is 23.6. The van der Waals surface area contributed by atoms with Crippen LogP contribution in [0.2, 0.25) is 0 Å². The van der Waals surface area contributed by atoms with E-state index < -0.39 is 11.8 Å². The first-order valence-corrected chi connectivity index (χ1v) is 14.6. The molecule has 1 saturated heterocycles. The number of aryl methyl sites for hydroxylation is 1.